The van der Waals surface area contributed by atoms with E-state index in [9.17, 15) is 14.4 Å². The van der Waals surface area contributed by atoms with Gasteiger partial charge in [0, 0.05) is 4.75 Å². The van der Waals surface area contributed by atoms with Crippen LogP contribution >= 0.6 is 23.1 Å². The maximum Gasteiger partial charge on any atom is 0.249 e. The molecule has 13 heteroatoms. The van der Waals surface area contributed by atoms with Crippen molar-refractivity contribution in [3.05, 3.63) is 28.2 Å². The number of aromatic amines is 1. The van der Waals surface area contributed by atoms with Gasteiger partial charge in [-0.05, 0) is 36.2 Å². The smallest absolute Gasteiger partial charge is 0.249 e. The summed E-state index contributed by atoms with van der Waals surface area (Å²) in [6, 6.07) is -0.201. The zero-order valence-electron chi connectivity index (χ0n) is 15.7. The largest absolute Gasteiger partial charge is 0.340 e. The molecule has 2 aliphatic rings. The molecule has 11 nitrogen and oxygen atoms in total. The normalized spacial score (nSPS) is 25.8. The molecular formula is C16H20N8O3S2. The Balaban J connectivity index is 1.51. The zero-order valence-corrected chi connectivity index (χ0v) is 17.3. The van der Waals surface area contributed by atoms with Crippen molar-refractivity contribution in [2.75, 3.05) is 6.54 Å². The van der Waals surface area contributed by atoms with Gasteiger partial charge < -0.3 is 21.3 Å². The SMILES string of the molecule is CC1(C)S[C@@H]2C(NC(=O)[C@H](NC(=O)CN)c3ccsc3)C(=O)N2C1c1nn[nH]n1. The molecule has 4 atom stereocenters. The van der Waals surface area contributed by atoms with Gasteiger partial charge in [0.1, 0.15) is 23.5 Å². The molecule has 2 unspecified atom stereocenters. The molecule has 2 aromatic rings. The fourth-order valence-electron chi connectivity index (χ4n) is 3.65. The average molecular weight is 437 g/mol. The Morgan fingerprint density at radius 2 is 2.24 bits per heavy atom. The van der Waals surface area contributed by atoms with Crippen molar-refractivity contribution in [3.8, 4) is 0 Å². The Morgan fingerprint density at radius 3 is 2.86 bits per heavy atom. The zero-order chi connectivity index (χ0) is 20.8. The number of nitrogens with zero attached hydrogens (tertiary/aromatic N) is 4. The average Bonchev–Trinajstić information content (AvgIpc) is 3.43. The van der Waals surface area contributed by atoms with Crippen molar-refractivity contribution >= 4 is 40.8 Å². The van der Waals surface area contributed by atoms with Crippen LogP contribution in [0.2, 0.25) is 0 Å². The van der Waals surface area contributed by atoms with Crippen LogP contribution in [0.25, 0.3) is 0 Å². The molecule has 0 aliphatic carbocycles. The molecule has 0 radical (unpaired) electrons. The van der Waals surface area contributed by atoms with Gasteiger partial charge in [-0.3, -0.25) is 14.4 Å². The third-order valence-corrected chi connectivity index (χ3v) is 7.25. The molecule has 0 saturated carbocycles. The molecule has 0 spiro atoms. The second-order valence-corrected chi connectivity index (χ2v) is 9.83. The highest BCUT2D eigenvalue weighted by Crippen LogP contribution is 2.56. The topological polar surface area (TPSA) is 159 Å². The summed E-state index contributed by atoms with van der Waals surface area (Å²) in [5.41, 5.74) is 6.01. The molecule has 3 amide bonds. The predicted octanol–water partition coefficient (Wildman–Crippen LogP) is -0.703. The summed E-state index contributed by atoms with van der Waals surface area (Å²) in [6.07, 6.45) is 0. The number of amides is 3. The number of β-lactam (4-membered cyclic amide) rings is 1. The summed E-state index contributed by atoms with van der Waals surface area (Å²) >= 11 is 2.98. The van der Waals surface area contributed by atoms with Gasteiger partial charge in [0.25, 0.3) is 0 Å². The Labute approximate surface area is 174 Å². The fourth-order valence-corrected chi connectivity index (χ4v) is 5.96. The van der Waals surface area contributed by atoms with Gasteiger partial charge in [-0.25, -0.2) is 0 Å². The molecule has 4 heterocycles. The van der Waals surface area contributed by atoms with Crippen molar-refractivity contribution in [2.24, 2.45) is 5.73 Å². The summed E-state index contributed by atoms with van der Waals surface area (Å²) in [6.45, 7) is 3.76. The van der Waals surface area contributed by atoms with E-state index in [1.807, 2.05) is 19.2 Å². The lowest BCUT2D eigenvalue weighted by atomic mass is 9.95. The Hall–Kier alpha value is -2.51. The maximum absolute atomic E-state index is 12.9. The number of rotatable bonds is 6. The molecule has 5 N–H and O–H groups in total. The number of thiophene rings is 1. The van der Waals surface area contributed by atoms with E-state index in [1.54, 1.807) is 28.1 Å². The monoisotopic (exact) mass is 436 g/mol. The molecule has 4 rings (SSSR count). The standard InChI is InChI=1S/C16H20N8O3S2/c1-16(2)11(12-20-22-23-21-12)24-14(27)10(15(24)29-16)19-13(26)9(18-8(25)5-17)7-3-4-28-6-7/h3-4,6,9-11,15H,5,17H2,1-2H3,(H,18,25)(H,19,26)(H,20,21,22,23)/t9-,10?,11?,15-/m1/s1. The van der Waals surface area contributed by atoms with Crippen LogP contribution in [-0.4, -0.2) is 66.0 Å². The van der Waals surface area contributed by atoms with Crippen molar-refractivity contribution < 1.29 is 14.4 Å². The van der Waals surface area contributed by atoms with Crippen molar-refractivity contribution in [3.63, 3.8) is 0 Å². The van der Waals surface area contributed by atoms with Crippen LogP contribution in [0.3, 0.4) is 0 Å². The van der Waals surface area contributed by atoms with Gasteiger partial charge in [-0.2, -0.15) is 16.6 Å². The first kappa shape index (κ1) is 19.8. The van der Waals surface area contributed by atoms with Crippen LogP contribution in [0.1, 0.15) is 37.3 Å². The molecule has 0 bridgehead atoms. The van der Waals surface area contributed by atoms with Crippen LogP contribution in [-0.2, 0) is 14.4 Å². The minimum Gasteiger partial charge on any atom is -0.340 e. The number of fused-ring (bicyclic) bond motifs is 1. The summed E-state index contributed by atoms with van der Waals surface area (Å²) in [5.74, 6) is -0.684. The minimum absolute atomic E-state index is 0.217. The Bertz CT molecular complexity index is 917. The number of nitrogens with two attached hydrogens (primary N) is 1. The quantitative estimate of drug-likeness (QED) is 0.433. The number of tetrazole rings is 1. The van der Waals surface area contributed by atoms with Crippen LogP contribution in [0.4, 0.5) is 0 Å². The highest BCUT2D eigenvalue weighted by Gasteiger charge is 2.63. The van der Waals surface area contributed by atoms with Gasteiger partial charge in [0.05, 0.1) is 6.54 Å². The van der Waals surface area contributed by atoms with Crippen LogP contribution in [0.15, 0.2) is 16.8 Å². The second kappa shape index (κ2) is 7.39. The molecule has 2 aromatic heterocycles. The van der Waals surface area contributed by atoms with Crippen LogP contribution in [0, 0.1) is 0 Å². The third-order valence-electron chi connectivity index (χ3n) is 4.97. The molecule has 29 heavy (non-hydrogen) atoms. The highest BCUT2D eigenvalue weighted by molar-refractivity contribution is 8.01. The lowest BCUT2D eigenvalue weighted by Crippen LogP contribution is -2.68. The number of hydrogen-bond donors (Lipinski definition) is 4. The first-order chi connectivity index (χ1) is 13.8. The van der Waals surface area contributed by atoms with Crippen molar-refractivity contribution in [1.82, 2.24) is 36.2 Å². The molecular weight excluding hydrogens is 416 g/mol. The van der Waals surface area contributed by atoms with E-state index in [-0.39, 0.29) is 28.6 Å². The van der Waals surface area contributed by atoms with Crippen LogP contribution in [0.5, 0.6) is 0 Å². The summed E-state index contributed by atoms with van der Waals surface area (Å²) in [7, 11) is 0. The third kappa shape index (κ3) is 3.38. The van der Waals surface area contributed by atoms with E-state index in [0.29, 0.717) is 11.4 Å². The number of H-pyrrole nitrogens is 1. The molecule has 154 valence electrons. The highest BCUT2D eigenvalue weighted by atomic mass is 32.2. The van der Waals surface area contributed by atoms with E-state index in [2.05, 4.69) is 31.3 Å². The number of nitrogens with one attached hydrogen (secondary N) is 3. The lowest BCUT2D eigenvalue weighted by molar-refractivity contribution is -0.152. The lowest BCUT2D eigenvalue weighted by Gasteiger charge is -2.44. The molecule has 2 saturated heterocycles. The first-order valence-corrected chi connectivity index (χ1v) is 10.7. The molecule has 2 fully saturated rings. The number of hydrogen-bond acceptors (Lipinski definition) is 9. The van der Waals surface area contributed by atoms with Gasteiger partial charge >= 0.3 is 0 Å². The first-order valence-electron chi connectivity index (χ1n) is 8.88. The van der Waals surface area contributed by atoms with Gasteiger partial charge in [0.2, 0.25) is 17.7 Å². The van der Waals surface area contributed by atoms with Crippen LogP contribution < -0.4 is 16.4 Å². The Kier molecular flexibility index (Phi) is 5.04. The summed E-state index contributed by atoms with van der Waals surface area (Å²) < 4.78 is -0.357. The Morgan fingerprint density at radius 1 is 1.45 bits per heavy atom. The summed E-state index contributed by atoms with van der Waals surface area (Å²) in [5, 5.41) is 22.8. The fraction of sp³-hybridized carbons (Fsp3) is 0.500. The predicted molar refractivity (Wildman–Crippen MR) is 105 cm³/mol. The molecule has 2 aliphatic heterocycles. The van der Waals surface area contributed by atoms with E-state index in [4.69, 9.17) is 5.73 Å². The molecule has 0 aromatic carbocycles. The number of thioether (sulfide) groups is 1. The second-order valence-electron chi connectivity index (χ2n) is 7.28. The van der Waals surface area contributed by atoms with E-state index in [1.165, 1.54) is 11.3 Å². The number of aromatic nitrogens is 4. The number of carbonyl (C=O) groups is 3. The van der Waals surface area contributed by atoms with E-state index >= 15 is 0 Å². The van der Waals surface area contributed by atoms with E-state index < -0.39 is 23.9 Å². The van der Waals surface area contributed by atoms with E-state index in [0.717, 1.165) is 0 Å². The summed E-state index contributed by atoms with van der Waals surface area (Å²) in [4.78, 5) is 39.2. The van der Waals surface area contributed by atoms with Gasteiger partial charge in [0.15, 0.2) is 5.82 Å². The number of carbonyl (C=O) groups excluding carboxylic acids is 3. The maximum atomic E-state index is 12.9. The van der Waals surface area contributed by atoms with Crippen molar-refractivity contribution in [2.45, 2.75) is 42.1 Å². The van der Waals surface area contributed by atoms with Gasteiger partial charge in [-0.1, -0.05) is 5.21 Å². The van der Waals surface area contributed by atoms with Crippen molar-refractivity contribution in [1.29, 1.82) is 0 Å². The van der Waals surface area contributed by atoms with Gasteiger partial charge in [-0.15, -0.1) is 22.0 Å². The minimum atomic E-state index is -0.911.